The van der Waals surface area contributed by atoms with E-state index >= 15 is 0 Å². The van der Waals surface area contributed by atoms with Crippen LogP contribution in [0.2, 0.25) is 0 Å². The number of halogens is 1. The molecule has 0 N–H and O–H groups in total. The predicted molar refractivity (Wildman–Crippen MR) is 163 cm³/mol. The first-order valence-electron chi connectivity index (χ1n) is 14.1. The van der Waals surface area contributed by atoms with Crippen molar-refractivity contribution >= 4 is 11.8 Å². The average Bonchev–Trinajstić information content (AvgIpc) is 3.47. The molecule has 0 aliphatic carbocycles. The van der Waals surface area contributed by atoms with Gasteiger partial charge in [-0.1, -0.05) is 42.5 Å². The van der Waals surface area contributed by atoms with Crippen LogP contribution in [0.15, 0.2) is 91.1 Å². The molecule has 0 aliphatic rings. The van der Waals surface area contributed by atoms with Gasteiger partial charge >= 0.3 is 0 Å². The number of amides is 2. The first kappa shape index (κ1) is 31.3. The van der Waals surface area contributed by atoms with Crippen molar-refractivity contribution in [3.05, 3.63) is 119 Å². The van der Waals surface area contributed by atoms with Gasteiger partial charge < -0.3 is 28.6 Å². The van der Waals surface area contributed by atoms with Gasteiger partial charge in [-0.25, -0.2) is 4.39 Å². The summed E-state index contributed by atoms with van der Waals surface area (Å²) in [7, 11) is 4.64. The molecule has 0 saturated heterocycles. The molecule has 3 aromatic carbocycles. The Hall–Kier alpha value is -4.63. The lowest BCUT2D eigenvalue weighted by atomic mass is 10.1. The fourth-order valence-corrected chi connectivity index (χ4v) is 4.83. The van der Waals surface area contributed by atoms with Gasteiger partial charge in [0.1, 0.15) is 23.9 Å². The lowest BCUT2D eigenvalue weighted by molar-refractivity contribution is -0.133. The molecule has 0 bridgehead atoms. The van der Waals surface area contributed by atoms with Gasteiger partial charge in [0.2, 0.25) is 5.91 Å². The third-order valence-electron chi connectivity index (χ3n) is 7.14. The minimum atomic E-state index is -0.316. The molecule has 1 aromatic heterocycles. The first-order chi connectivity index (χ1) is 20.9. The Balaban J connectivity index is 1.59. The highest BCUT2D eigenvalue weighted by molar-refractivity contribution is 5.99. The van der Waals surface area contributed by atoms with E-state index < -0.39 is 0 Å². The zero-order chi connectivity index (χ0) is 30.6. The fraction of sp³-hybridized carbons (Fsp3) is 0.294. The highest BCUT2D eigenvalue weighted by atomic mass is 19.1. The van der Waals surface area contributed by atoms with Gasteiger partial charge in [-0.05, 0) is 53.9 Å². The van der Waals surface area contributed by atoms with E-state index in [0.717, 1.165) is 16.8 Å². The molecule has 0 fully saturated rings. The SMILES string of the molecule is COCCCN(CC(=O)N(Cc1ccccc1)Cc1cccn1Cc1ccc(F)cc1)C(=O)c1ccc(OC)cc1OC. The van der Waals surface area contributed by atoms with Crippen LogP contribution in [0.1, 0.15) is 33.6 Å². The van der Waals surface area contributed by atoms with Crippen LogP contribution in [-0.2, 0) is 29.2 Å². The number of hydrogen-bond acceptors (Lipinski definition) is 5. The van der Waals surface area contributed by atoms with Crippen LogP contribution in [0.3, 0.4) is 0 Å². The highest BCUT2D eigenvalue weighted by Gasteiger charge is 2.25. The minimum absolute atomic E-state index is 0.122. The Kier molecular flexibility index (Phi) is 11.3. The second-order valence-electron chi connectivity index (χ2n) is 10.1. The van der Waals surface area contributed by atoms with E-state index in [1.165, 1.54) is 19.2 Å². The van der Waals surface area contributed by atoms with Crippen LogP contribution in [0.5, 0.6) is 11.5 Å². The van der Waals surface area contributed by atoms with Crippen LogP contribution in [0, 0.1) is 5.82 Å². The van der Waals surface area contributed by atoms with E-state index in [-0.39, 0.29) is 24.2 Å². The van der Waals surface area contributed by atoms with Crippen molar-refractivity contribution in [1.82, 2.24) is 14.4 Å². The summed E-state index contributed by atoms with van der Waals surface area (Å²) in [6.07, 6.45) is 2.51. The van der Waals surface area contributed by atoms with Crippen LogP contribution < -0.4 is 9.47 Å². The molecule has 4 rings (SSSR count). The molecule has 9 heteroatoms. The molecule has 0 radical (unpaired) electrons. The zero-order valence-corrected chi connectivity index (χ0v) is 24.9. The summed E-state index contributed by atoms with van der Waals surface area (Å²) >= 11 is 0. The largest absolute Gasteiger partial charge is 0.497 e. The summed E-state index contributed by atoms with van der Waals surface area (Å²) in [5.74, 6) is 0.134. The van der Waals surface area contributed by atoms with Gasteiger partial charge in [-0.3, -0.25) is 9.59 Å². The maximum Gasteiger partial charge on any atom is 0.258 e. The quantitative estimate of drug-likeness (QED) is 0.174. The molecule has 8 nitrogen and oxygen atoms in total. The van der Waals surface area contributed by atoms with Gasteiger partial charge in [0, 0.05) is 51.3 Å². The maximum absolute atomic E-state index is 14.0. The van der Waals surface area contributed by atoms with E-state index in [2.05, 4.69) is 0 Å². The number of rotatable bonds is 15. The van der Waals surface area contributed by atoms with E-state index in [9.17, 15) is 14.0 Å². The van der Waals surface area contributed by atoms with E-state index in [1.54, 1.807) is 54.4 Å². The summed E-state index contributed by atoms with van der Waals surface area (Å²) in [6, 6.07) is 25.0. The molecular weight excluding hydrogens is 549 g/mol. The van der Waals surface area contributed by atoms with Gasteiger partial charge in [-0.15, -0.1) is 0 Å². The molecule has 0 saturated carbocycles. The average molecular weight is 588 g/mol. The van der Waals surface area contributed by atoms with Crippen LogP contribution >= 0.6 is 0 Å². The molecule has 0 spiro atoms. The van der Waals surface area contributed by atoms with Crippen molar-refractivity contribution < 1.29 is 28.2 Å². The summed E-state index contributed by atoms with van der Waals surface area (Å²) in [5.41, 5.74) is 3.18. The lowest BCUT2D eigenvalue weighted by Crippen LogP contribution is -2.43. The number of nitrogens with zero attached hydrogens (tertiary/aromatic N) is 3. The number of carbonyl (C=O) groups excluding carboxylic acids is 2. The number of benzene rings is 3. The summed E-state index contributed by atoms with van der Waals surface area (Å²) in [4.78, 5) is 31.1. The minimum Gasteiger partial charge on any atom is -0.497 e. The van der Waals surface area contributed by atoms with Gasteiger partial charge in [0.15, 0.2) is 0 Å². The van der Waals surface area contributed by atoms with Crippen molar-refractivity contribution in [3.8, 4) is 11.5 Å². The maximum atomic E-state index is 14.0. The van der Waals surface area contributed by atoms with Crippen LogP contribution in [0.4, 0.5) is 4.39 Å². The van der Waals surface area contributed by atoms with Crippen molar-refractivity contribution in [1.29, 1.82) is 0 Å². The van der Waals surface area contributed by atoms with Crippen LogP contribution in [0.25, 0.3) is 0 Å². The Morgan fingerprint density at radius 2 is 1.58 bits per heavy atom. The summed E-state index contributed by atoms with van der Waals surface area (Å²) < 4.78 is 31.5. The smallest absolute Gasteiger partial charge is 0.258 e. The standard InChI is InChI=1S/C34H38FN3O5/c1-41-20-8-19-37(34(40)31-17-16-30(42-2)21-32(31)43-3)25-33(39)38(23-26-9-5-4-6-10-26)24-29-11-7-18-36(29)22-27-12-14-28(35)15-13-27/h4-7,9-18,21H,8,19-20,22-25H2,1-3H3. The molecule has 1 heterocycles. The third kappa shape index (κ3) is 8.68. The Morgan fingerprint density at radius 1 is 0.814 bits per heavy atom. The van der Waals surface area contributed by atoms with Crippen LogP contribution in [-0.4, -0.2) is 67.2 Å². The molecule has 43 heavy (non-hydrogen) atoms. The Morgan fingerprint density at radius 3 is 2.28 bits per heavy atom. The highest BCUT2D eigenvalue weighted by Crippen LogP contribution is 2.26. The third-order valence-corrected chi connectivity index (χ3v) is 7.14. The van der Waals surface area contributed by atoms with Gasteiger partial charge in [0.05, 0.1) is 26.3 Å². The Labute approximate surface area is 252 Å². The number of carbonyl (C=O) groups is 2. The normalized spacial score (nSPS) is 10.8. The van der Waals surface area contributed by atoms with Crippen molar-refractivity contribution in [2.24, 2.45) is 0 Å². The number of hydrogen-bond donors (Lipinski definition) is 0. The molecule has 0 atom stereocenters. The predicted octanol–water partition coefficient (Wildman–Crippen LogP) is 5.40. The Bertz CT molecular complexity index is 1470. The zero-order valence-electron chi connectivity index (χ0n) is 24.9. The topological polar surface area (TPSA) is 73.2 Å². The molecular formula is C34H38FN3O5. The van der Waals surface area contributed by atoms with Gasteiger partial charge in [0.25, 0.3) is 5.91 Å². The number of methoxy groups -OCH3 is 3. The van der Waals surface area contributed by atoms with E-state index in [4.69, 9.17) is 14.2 Å². The van der Waals surface area contributed by atoms with E-state index in [0.29, 0.717) is 56.3 Å². The molecule has 226 valence electrons. The summed E-state index contributed by atoms with van der Waals surface area (Å²) in [6.45, 7) is 1.88. The lowest BCUT2D eigenvalue weighted by Gasteiger charge is -2.29. The van der Waals surface area contributed by atoms with Crippen molar-refractivity contribution in [3.63, 3.8) is 0 Å². The first-order valence-corrected chi connectivity index (χ1v) is 14.1. The molecule has 2 amide bonds. The van der Waals surface area contributed by atoms with Crippen molar-refractivity contribution in [2.45, 2.75) is 26.1 Å². The second kappa shape index (κ2) is 15.6. The monoisotopic (exact) mass is 587 g/mol. The van der Waals surface area contributed by atoms with E-state index in [1.807, 2.05) is 53.2 Å². The second-order valence-corrected chi connectivity index (χ2v) is 10.1. The summed E-state index contributed by atoms with van der Waals surface area (Å²) in [5, 5.41) is 0. The number of ether oxygens (including phenoxy) is 3. The molecule has 0 unspecified atom stereocenters. The molecule has 4 aromatic rings. The molecule has 0 aliphatic heterocycles. The fourth-order valence-electron chi connectivity index (χ4n) is 4.83. The van der Waals surface area contributed by atoms with Crippen molar-refractivity contribution in [2.75, 3.05) is 41.0 Å². The number of aromatic nitrogens is 1. The van der Waals surface area contributed by atoms with Gasteiger partial charge in [-0.2, -0.15) is 0 Å².